The first-order valence-electron chi connectivity index (χ1n) is 15.0. The molecule has 0 unspecified atom stereocenters. The molecule has 0 bridgehead atoms. The van der Waals surface area contributed by atoms with Crippen LogP contribution in [0.1, 0.15) is 21.5 Å². The highest BCUT2D eigenvalue weighted by molar-refractivity contribution is 7.86. The predicted molar refractivity (Wildman–Crippen MR) is 175 cm³/mol. The first kappa shape index (κ1) is 32.5. The van der Waals surface area contributed by atoms with Crippen LogP contribution >= 0.6 is 0 Å². The van der Waals surface area contributed by atoms with E-state index >= 15 is 0 Å². The SMILES string of the molecule is Cc1ccc(S(=O)(=O)OCCOc2cccc(C(=O)NCC(=O)N3CCN(c4ccc(OCc5ccccc5)cc4)CC3)c2)cc1. The maximum Gasteiger partial charge on any atom is 0.297 e. The number of benzene rings is 4. The second-order valence-corrected chi connectivity index (χ2v) is 12.4. The van der Waals surface area contributed by atoms with Crippen molar-refractivity contribution in [2.75, 3.05) is 50.8 Å². The summed E-state index contributed by atoms with van der Waals surface area (Å²) >= 11 is 0. The summed E-state index contributed by atoms with van der Waals surface area (Å²) in [7, 11) is -3.89. The van der Waals surface area contributed by atoms with Gasteiger partial charge in [-0.1, -0.05) is 54.1 Å². The molecular formula is C35H37N3O7S. The van der Waals surface area contributed by atoms with Crippen LogP contribution in [0.5, 0.6) is 11.5 Å². The van der Waals surface area contributed by atoms with E-state index in [1.54, 1.807) is 35.2 Å². The molecule has 0 atom stereocenters. The van der Waals surface area contributed by atoms with Crippen molar-refractivity contribution in [3.8, 4) is 11.5 Å². The van der Waals surface area contributed by atoms with Gasteiger partial charge in [0.15, 0.2) is 0 Å². The zero-order valence-electron chi connectivity index (χ0n) is 25.6. The highest BCUT2D eigenvalue weighted by atomic mass is 32.2. The lowest BCUT2D eigenvalue weighted by Crippen LogP contribution is -2.51. The molecule has 0 spiro atoms. The molecule has 5 rings (SSSR count). The number of piperazine rings is 1. The molecule has 1 fully saturated rings. The van der Waals surface area contributed by atoms with Crippen LogP contribution in [0.25, 0.3) is 0 Å². The molecule has 0 saturated carbocycles. The minimum atomic E-state index is -3.89. The standard InChI is InChI=1S/C35H37N3O7S/c1-27-10-16-33(17-11-27)46(41,42)45-23-22-43-32-9-5-8-29(24-32)35(40)36-25-34(39)38-20-18-37(19-21-38)30-12-14-31(15-13-30)44-26-28-6-3-2-4-7-28/h2-17,24H,18-23,25-26H2,1H3,(H,36,40). The number of carbonyl (C=O) groups excluding carboxylic acids is 2. The van der Waals surface area contributed by atoms with Crippen molar-refractivity contribution in [2.45, 2.75) is 18.4 Å². The molecule has 10 nitrogen and oxygen atoms in total. The minimum Gasteiger partial charge on any atom is -0.491 e. The van der Waals surface area contributed by atoms with Crippen LogP contribution < -0.4 is 19.7 Å². The molecule has 1 N–H and O–H groups in total. The van der Waals surface area contributed by atoms with E-state index in [9.17, 15) is 18.0 Å². The van der Waals surface area contributed by atoms with Gasteiger partial charge in [-0.3, -0.25) is 13.8 Å². The highest BCUT2D eigenvalue weighted by Gasteiger charge is 2.22. The molecule has 4 aromatic carbocycles. The predicted octanol–water partition coefficient (Wildman–Crippen LogP) is 4.44. The van der Waals surface area contributed by atoms with E-state index in [0.29, 0.717) is 44.1 Å². The first-order valence-corrected chi connectivity index (χ1v) is 16.4. The van der Waals surface area contributed by atoms with Gasteiger partial charge in [-0.25, -0.2) is 0 Å². The van der Waals surface area contributed by atoms with Crippen molar-refractivity contribution >= 4 is 27.6 Å². The average molecular weight is 644 g/mol. The van der Waals surface area contributed by atoms with Crippen molar-refractivity contribution in [3.63, 3.8) is 0 Å². The quantitative estimate of drug-likeness (QED) is 0.168. The Bertz CT molecular complexity index is 1710. The molecule has 4 aromatic rings. The normalized spacial score (nSPS) is 13.2. The van der Waals surface area contributed by atoms with Gasteiger partial charge in [-0.2, -0.15) is 8.42 Å². The molecule has 46 heavy (non-hydrogen) atoms. The number of aryl methyl sites for hydroxylation is 1. The number of carbonyl (C=O) groups is 2. The largest absolute Gasteiger partial charge is 0.491 e. The van der Waals surface area contributed by atoms with Crippen LogP contribution in [0.4, 0.5) is 5.69 Å². The van der Waals surface area contributed by atoms with Crippen molar-refractivity contribution in [3.05, 3.63) is 120 Å². The first-order chi connectivity index (χ1) is 22.3. The Hall–Kier alpha value is -4.87. The minimum absolute atomic E-state index is 0.0349. The fourth-order valence-electron chi connectivity index (χ4n) is 4.88. The summed E-state index contributed by atoms with van der Waals surface area (Å²) in [5, 5.41) is 2.69. The van der Waals surface area contributed by atoms with Gasteiger partial charge in [0.25, 0.3) is 16.0 Å². The van der Waals surface area contributed by atoms with Crippen LogP contribution in [-0.2, 0) is 25.7 Å². The van der Waals surface area contributed by atoms with Crippen LogP contribution in [0.3, 0.4) is 0 Å². The van der Waals surface area contributed by atoms with Crippen LogP contribution in [0.15, 0.2) is 108 Å². The third kappa shape index (κ3) is 9.09. The second-order valence-electron chi connectivity index (χ2n) is 10.8. The fraction of sp³-hybridized carbons (Fsp3) is 0.257. The van der Waals surface area contributed by atoms with Gasteiger partial charge in [0.05, 0.1) is 11.4 Å². The Morgan fingerprint density at radius 1 is 0.761 bits per heavy atom. The zero-order valence-corrected chi connectivity index (χ0v) is 26.4. The summed E-state index contributed by atoms with van der Waals surface area (Å²) in [5.74, 6) is 0.608. The summed E-state index contributed by atoms with van der Waals surface area (Å²) in [6.45, 7) is 4.48. The molecule has 1 saturated heterocycles. The van der Waals surface area contributed by atoms with Crippen molar-refractivity contribution in [1.29, 1.82) is 0 Å². The monoisotopic (exact) mass is 643 g/mol. The lowest BCUT2D eigenvalue weighted by Gasteiger charge is -2.36. The van der Waals surface area contributed by atoms with Gasteiger partial charge < -0.3 is 24.6 Å². The molecule has 11 heteroatoms. The third-order valence-corrected chi connectivity index (χ3v) is 8.81. The van der Waals surface area contributed by atoms with E-state index in [-0.39, 0.29) is 30.6 Å². The highest BCUT2D eigenvalue weighted by Crippen LogP contribution is 2.22. The summed E-state index contributed by atoms with van der Waals surface area (Å²) in [6, 6.07) is 30.8. The van der Waals surface area contributed by atoms with Gasteiger partial charge >= 0.3 is 0 Å². The molecular weight excluding hydrogens is 606 g/mol. The molecule has 1 aliphatic heterocycles. The zero-order chi connectivity index (χ0) is 32.4. The smallest absolute Gasteiger partial charge is 0.297 e. The Balaban J connectivity index is 1.01. The molecule has 0 radical (unpaired) electrons. The van der Waals surface area contributed by atoms with Crippen LogP contribution in [-0.4, -0.2) is 71.1 Å². The second kappa shape index (κ2) is 15.4. The lowest BCUT2D eigenvalue weighted by atomic mass is 10.2. The maximum atomic E-state index is 12.8. The van der Waals surface area contributed by atoms with E-state index in [1.807, 2.05) is 61.5 Å². The van der Waals surface area contributed by atoms with E-state index < -0.39 is 16.0 Å². The molecule has 240 valence electrons. The number of nitrogens with one attached hydrogen (secondary N) is 1. The number of ether oxygens (including phenoxy) is 2. The lowest BCUT2D eigenvalue weighted by molar-refractivity contribution is -0.130. The summed E-state index contributed by atoms with van der Waals surface area (Å²) in [5.41, 5.74) is 3.44. The van der Waals surface area contributed by atoms with E-state index in [1.165, 1.54) is 18.2 Å². The van der Waals surface area contributed by atoms with Gasteiger partial charge in [0, 0.05) is 37.4 Å². The number of nitrogens with zero attached hydrogens (tertiary/aromatic N) is 2. The molecule has 0 aliphatic carbocycles. The molecule has 1 heterocycles. The van der Waals surface area contributed by atoms with Crippen molar-refractivity contribution < 1.29 is 31.7 Å². The van der Waals surface area contributed by atoms with Gasteiger partial charge in [0.2, 0.25) is 5.91 Å². The molecule has 1 aliphatic rings. The number of amides is 2. The van der Waals surface area contributed by atoms with Crippen molar-refractivity contribution in [2.24, 2.45) is 0 Å². The van der Waals surface area contributed by atoms with Crippen molar-refractivity contribution in [1.82, 2.24) is 10.2 Å². The van der Waals surface area contributed by atoms with Gasteiger partial charge in [-0.15, -0.1) is 0 Å². The topological polar surface area (TPSA) is 114 Å². The fourth-order valence-corrected chi connectivity index (χ4v) is 5.77. The number of anilines is 1. The molecule has 0 aromatic heterocycles. The average Bonchev–Trinajstić information content (AvgIpc) is 3.09. The Kier molecular flexibility index (Phi) is 10.9. The summed E-state index contributed by atoms with van der Waals surface area (Å²) < 4.78 is 41.2. The van der Waals surface area contributed by atoms with Gasteiger partial charge in [0.1, 0.15) is 31.3 Å². The number of hydrogen-bond donors (Lipinski definition) is 1. The number of hydrogen-bond acceptors (Lipinski definition) is 8. The van der Waals surface area contributed by atoms with E-state index in [2.05, 4.69) is 10.2 Å². The maximum absolute atomic E-state index is 12.8. The summed E-state index contributed by atoms with van der Waals surface area (Å²) in [6.07, 6.45) is 0. The third-order valence-electron chi connectivity index (χ3n) is 7.48. The summed E-state index contributed by atoms with van der Waals surface area (Å²) in [4.78, 5) is 29.6. The Morgan fingerprint density at radius 3 is 2.20 bits per heavy atom. The van der Waals surface area contributed by atoms with E-state index in [0.717, 1.165) is 22.6 Å². The van der Waals surface area contributed by atoms with Crippen LogP contribution in [0, 0.1) is 6.92 Å². The van der Waals surface area contributed by atoms with E-state index in [4.69, 9.17) is 13.7 Å². The van der Waals surface area contributed by atoms with Gasteiger partial charge in [-0.05, 0) is 67.1 Å². The Labute approximate surface area is 269 Å². The Morgan fingerprint density at radius 2 is 1.48 bits per heavy atom. The number of rotatable bonds is 13. The molecule has 2 amide bonds. The van der Waals surface area contributed by atoms with Crippen LogP contribution in [0.2, 0.25) is 0 Å².